The van der Waals surface area contributed by atoms with Gasteiger partial charge in [0, 0.05) is 33.4 Å². The highest BCUT2D eigenvalue weighted by atomic mass is 16.5. The average molecular weight is 748 g/mol. The Kier molecular flexibility index (Phi) is 21.0. The minimum Gasteiger partial charge on any atom is -0.391 e. The zero-order valence-electron chi connectivity index (χ0n) is 34.7. The highest BCUT2D eigenvalue weighted by Gasteiger charge is 2.44. The highest BCUT2D eigenvalue weighted by Crippen LogP contribution is 2.29. The number of nitrogens with one attached hydrogen (secondary N) is 2. The third-order valence-corrected chi connectivity index (χ3v) is 9.76. The number of aryl methyl sites for hydroxylation is 2. The molecule has 0 saturated carbocycles. The summed E-state index contributed by atoms with van der Waals surface area (Å²) in [5.41, 5.74) is 2.41. The molecule has 1 aromatic rings. The van der Waals surface area contributed by atoms with Crippen LogP contribution >= 0.6 is 0 Å². The lowest BCUT2D eigenvalue weighted by molar-refractivity contribution is -0.145. The molecule has 0 spiro atoms. The van der Waals surface area contributed by atoms with Crippen LogP contribution in [0.1, 0.15) is 95.1 Å². The van der Waals surface area contributed by atoms with Crippen LogP contribution in [0.5, 0.6) is 0 Å². The number of likely N-dealkylation sites (tertiary alicyclic amines) is 1. The third kappa shape index (κ3) is 14.1. The fraction of sp³-hybridized carbons (Fsp3) is 0.725. The summed E-state index contributed by atoms with van der Waals surface area (Å²) in [6.07, 6.45) is 0.402. The number of benzene rings is 1. The first-order chi connectivity index (χ1) is 24.9. The number of ketones is 1. The first kappa shape index (κ1) is 47.6. The normalized spacial score (nSPS) is 18.4. The molecule has 0 bridgehead atoms. The second kappa shape index (κ2) is 23.4. The fourth-order valence-electron chi connectivity index (χ4n) is 7.14. The van der Waals surface area contributed by atoms with Gasteiger partial charge in [0.05, 0.1) is 61.9 Å². The van der Waals surface area contributed by atoms with Crippen molar-refractivity contribution in [3.8, 4) is 0 Å². The Hall–Kier alpha value is -3.39. The van der Waals surface area contributed by atoms with E-state index in [-0.39, 0.29) is 67.9 Å². The quantitative estimate of drug-likeness (QED) is 0.181. The molecule has 1 aliphatic rings. The van der Waals surface area contributed by atoms with Crippen molar-refractivity contribution in [3.05, 3.63) is 34.9 Å². The Morgan fingerprint density at radius 2 is 1.55 bits per heavy atom. The van der Waals surface area contributed by atoms with Crippen LogP contribution in [0.25, 0.3) is 0 Å². The number of β-amino-alcohol motifs (C(OH)–C–C–N with tert-alkyl or cyclic N) is 1. The molecule has 1 heterocycles. The van der Waals surface area contributed by atoms with Gasteiger partial charge in [-0.2, -0.15) is 0 Å². The minimum absolute atomic E-state index is 0.0511. The summed E-state index contributed by atoms with van der Waals surface area (Å²) in [4.78, 5) is 71.0. The van der Waals surface area contributed by atoms with Gasteiger partial charge in [0.25, 0.3) is 0 Å². The van der Waals surface area contributed by atoms with Crippen molar-refractivity contribution in [2.24, 2.45) is 11.8 Å². The van der Waals surface area contributed by atoms with Gasteiger partial charge in [0.2, 0.25) is 23.6 Å². The second-order valence-electron chi connectivity index (χ2n) is 14.9. The summed E-state index contributed by atoms with van der Waals surface area (Å²) >= 11 is 0. The number of aliphatic hydroxyl groups excluding tert-OH is 1. The summed E-state index contributed by atoms with van der Waals surface area (Å²) in [5.74, 6) is -2.16. The topological polar surface area (TPSA) is 158 Å². The number of carbonyl (C=O) groups is 5. The summed E-state index contributed by atoms with van der Waals surface area (Å²) in [7, 11) is 8.23. The van der Waals surface area contributed by atoms with Crippen molar-refractivity contribution < 1.29 is 38.6 Å². The molecule has 2 rings (SSSR count). The zero-order valence-corrected chi connectivity index (χ0v) is 34.7. The molecule has 7 atom stereocenters. The first-order valence-electron chi connectivity index (χ1n) is 19.0. The van der Waals surface area contributed by atoms with Gasteiger partial charge < -0.3 is 35.0 Å². The summed E-state index contributed by atoms with van der Waals surface area (Å²) in [5, 5.41) is 16.2. The van der Waals surface area contributed by atoms with E-state index >= 15 is 0 Å². The van der Waals surface area contributed by atoms with E-state index in [0.29, 0.717) is 18.4 Å². The number of methoxy groups -OCH3 is 2. The molecule has 302 valence electrons. The maximum atomic E-state index is 13.9. The van der Waals surface area contributed by atoms with Crippen LogP contribution in [0.2, 0.25) is 0 Å². The predicted molar refractivity (Wildman–Crippen MR) is 208 cm³/mol. The summed E-state index contributed by atoms with van der Waals surface area (Å²) in [6.45, 7) is 15.3. The lowest BCUT2D eigenvalue weighted by atomic mass is 9.93. The van der Waals surface area contributed by atoms with Gasteiger partial charge >= 0.3 is 0 Å². The van der Waals surface area contributed by atoms with E-state index in [1.54, 1.807) is 20.0 Å². The number of rotatable bonds is 19. The Labute approximate surface area is 318 Å². The Morgan fingerprint density at radius 3 is 2.06 bits per heavy atom. The van der Waals surface area contributed by atoms with Crippen molar-refractivity contribution in [2.45, 2.75) is 124 Å². The molecule has 0 aromatic heterocycles. The maximum absolute atomic E-state index is 13.9. The van der Waals surface area contributed by atoms with Gasteiger partial charge in [-0.15, -0.1) is 0 Å². The SMILES string of the molecule is CCC.CCC[C@@H](C(CC(=O)N1CC(O)C[C@H]1C(OC)C(C)C(=O)NCC(=O)c1ccc(C)cc1C)OC)N(C)C(=O)CNC(=O)C(C(C)C)N(C)C. The highest BCUT2D eigenvalue weighted by molar-refractivity contribution is 6.00. The number of aliphatic hydroxyl groups is 1. The van der Waals surface area contributed by atoms with E-state index in [1.165, 1.54) is 30.4 Å². The minimum atomic E-state index is -0.819. The number of ether oxygens (including phenoxy) is 2. The van der Waals surface area contributed by atoms with Gasteiger partial charge in [0.15, 0.2) is 5.78 Å². The monoisotopic (exact) mass is 748 g/mol. The predicted octanol–water partition coefficient (Wildman–Crippen LogP) is 3.37. The molecule has 0 aliphatic carbocycles. The van der Waals surface area contributed by atoms with Crippen LogP contribution in [0, 0.1) is 25.7 Å². The Morgan fingerprint density at radius 1 is 0.943 bits per heavy atom. The van der Waals surface area contributed by atoms with Crippen LogP contribution < -0.4 is 10.6 Å². The van der Waals surface area contributed by atoms with Crippen molar-refractivity contribution in [1.82, 2.24) is 25.3 Å². The largest absolute Gasteiger partial charge is 0.391 e. The molecular formula is C40H69N5O8. The van der Waals surface area contributed by atoms with Crippen molar-refractivity contribution in [2.75, 3.05) is 55.0 Å². The van der Waals surface area contributed by atoms with E-state index in [0.717, 1.165) is 11.1 Å². The van der Waals surface area contributed by atoms with Gasteiger partial charge in [-0.1, -0.05) is 78.1 Å². The van der Waals surface area contributed by atoms with Crippen LogP contribution in [0.15, 0.2) is 18.2 Å². The number of amides is 4. The number of Topliss-reactive ketones (excluding diaryl/α,β-unsaturated/α-hetero) is 1. The smallest absolute Gasteiger partial charge is 0.242 e. The fourth-order valence-corrected chi connectivity index (χ4v) is 7.14. The van der Waals surface area contributed by atoms with Crippen LogP contribution in [0.4, 0.5) is 0 Å². The molecule has 53 heavy (non-hydrogen) atoms. The van der Waals surface area contributed by atoms with E-state index in [4.69, 9.17) is 9.47 Å². The first-order valence-corrected chi connectivity index (χ1v) is 19.0. The molecule has 0 radical (unpaired) electrons. The second-order valence-corrected chi connectivity index (χ2v) is 14.9. The number of hydrogen-bond donors (Lipinski definition) is 3. The molecule has 1 aliphatic heterocycles. The van der Waals surface area contributed by atoms with Crippen LogP contribution in [-0.4, -0.2) is 141 Å². The number of carbonyl (C=O) groups excluding carboxylic acids is 5. The molecule has 1 fully saturated rings. The van der Waals surface area contributed by atoms with Gasteiger partial charge in [0.1, 0.15) is 0 Å². The van der Waals surface area contributed by atoms with Crippen LogP contribution in [0.3, 0.4) is 0 Å². The van der Waals surface area contributed by atoms with Crippen LogP contribution in [-0.2, 0) is 28.7 Å². The van der Waals surface area contributed by atoms with Gasteiger partial charge in [-0.05, 0) is 52.3 Å². The number of hydrogen-bond acceptors (Lipinski definition) is 9. The molecule has 13 nitrogen and oxygen atoms in total. The van der Waals surface area contributed by atoms with E-state index in [2.05, 4.69) is 24.5 Å². The molecule has 4 amide bonds. The van der Waals surface area contributed by atoms with Gasteiger partial charge in [-0.3, -0.25) is 28.9 Å². The van der Waals surface area contributed by atoms with Crippen molar-refractivity contribution >= 4 is 29.4 Å². The summed E-state index contributed by atoms with van der Waals surface area (Å²) in [6, 6.07) is 4.06. The number of likely N-dealkylation sites (N-methyl/N-ethyl adjacent to an activating group) is 2. The lowest BCUT2D eigenvalue weighted by Crippen LogP contribution is -2.53. The average Bonchev–Trinajstić information content (AvgIpc) is 3.48. The molecule has 13 heteroatoms. The maximum Gasteiger partial charge on any atom is 0.242 e. The zero-order chi connectivity index (χ0) is 40.6. The molecule has 3 N–H and O–H groups in total. The van der Waals surface area contributed by atoms with E-state index in [1.807, 2.05) is 65.7 Å². The Balaban J connectivity index is 0.00000452. The Bertz CT molecular complexity index is 1330. The number of nitrogens with zero attached hydrogens (tertiary/aromatic N) is 3. The van der Waals surface area contributed by atoms with Crippen molar-refractivity contribution in [3.63, 3.8) is 0 Å². The molecule has 1 saturated heterocycles. The molecule has 5 unspecified atom stereocenters. The molecule has 1 aromatic carbocycles. The summed E-state index contributed by atoms with van der Waals surface area (Å²) < 4.78 is 11.6. The third-order valence-electron chi connectivity index (χ3n) is 9.76. The van der Waals surface area contributed by atoms with E-state index < -0.39 is 42.2 Å². The standard InChI is InChI=1S/C37H61N5O8.C3H8/c1-12-13-28(41(9)33(46)20-39-37(48)34(22(2)3)40(7)8)31(49-10)18-32(45)42-21-26(43)17-29(42)35(50-11)25(6)36(47)38-19-30(44)27-15-14-23(4)16-24(27)5;1-3-2/h14-16,22,25-26,28-29,31,34-35,43H,12-13,17-21H2,1-11H3,(H,38,47)(H,39,48);3H2,1-2H3/t25?,26?,28-,29-,31?,34?,35?;/m0./s1. The lowest BCUT2D eigenvalue weighted by Gasteiger charge is -2.37. The van der Waals surface area contributed by atoms with Gasteiger partial charge in [-0.25, -0.2) is 0 Å². The van der Waals surface area contributed by atoms with Crippen molar-refractivity contribution in [1.29, 1.82) is 0 Å². The van der Waals surface area contributed by atoms with E-state index in [9.17, 15) is 29.1 Å². The molecular weight excluding hydrogens is 678 g/mol.